The summed E-state index contributed by atoms with van der Waals surface area (Å²) >= 11 is 11.1. The summed E-state index contributed by atoms with van der Waals surface area (Å²) in [6.07, 6.45) is 7.97. The monoisotopic (exact) mass is 466 g/mol. The van der Waals surface area contributed by atoms with Gasteiger partial charge in [0, 0.05) is 33.5 Å². The lowest BCUT2D eigenvalue weighted by Crippen LogP contribution is -2.07. The normalized spacial score (nSPS) is 28.2. The third-order valence-corrected chi connectivity index (χ3v) is 13.2. The second-order valence-corrected chi connectivity index (χ2v) is 14.1. The van der Waals surface area contributed by atoms with Crippen molar-refractivity contribution in [2.45, 2.75) is 45.3 Å². The number of rotatable bonds is 11. The quantitative estimate of drug-likeness (QED) is 0.280. The number of thioether (sulfide) groups is 6. The lowest BCUT2D eigenvalue weighted by atomic mass is 10.2. The standard InChI is InChI=1S/C18H26O2S6/c1-3-15(19)21-9-13-11-23-17(25-13)7-5-6-8-18-24-12-14(26-18)10-22-16(20)4-2/h3-4,13-14,17-18H,1-2,5-12H2. The van der Waals surface area contributed by atoms with Gasteiger partial charge >= 0.3 is 0 Å². The van der Waals surface area contributed by atoms with Gasteiger partial charge in [-0.2, -0.15) is 0 Å². The lowest BCUT2D eigenvalue weighted by Gasteiger charge is -2.12. The van der Waals surface area contributed by atoms with E-state index in [4.69, 9.17) is 0 Å². The van der Waals surface area contributed by atoms with Crippen LogP contribution >= 0.6 is 70.6 Å². The topological polar surface area (TPSA) is 34.1 Å². The van der Waals surface area contributed by atoms with E-state index in [0.717, 1.165) is 11.5 Å². The Morgan fingerprint density at radius 2 is 1.27 bits per heavy atom. The molecule has 0 bridgehead atoms. The molecule has 2 saturated heterocycles. The fraction of sp³-hybridized carbons (Fsp3) is 0.667. The van der Waals surface area contributed by atoms with E-state index in [0.29, 0.717) is 19.7 Å². The van der Waals surface area contributed by atoms with Crippen LogP contribution in [-0.4, -0.2) is 52.9 Å². The van der Waals surface area contributed by atoms with E-state index in [2.05, 4.69) is 60.2 Å². The third kappa shape index (κ3) is 8.95. The van der Waals surface area contributed by atoms with Gasteiger partial charge in [0.2, 0.25) is 10.2 Å². The van der Waals surface area contributed by atoms with Crippen LogP contribution in [0, 0.1) is 0 Å². The highest BCUT2D eigenvalue weighted by atomic mass is 32.2. The van der Waals surface area contributed by atoms with Crippen LogP contribution in [0.5, 0.6) is 0 Å². The molecule has 0 aliphatic carbocycles. The molecule has 0 saturated carbocycles. The van der Waals surface area contributed by atoms with Crippen molar-refractivity contribution in [1.29, 1.82) is 0 Å². The number of unbranched alkanes of at least 4 members (excludes halogenated alkanes) is 1. The first kappa shape index (κ1) is 23.2. The van der Waals surface area contributed by atoms with Crippen LogP contribution < -0.4 is 0 Å². The predicted octanol–water partition coefficient (Wildman–Crippen LogP) is 5.79. The molecule has 4 unspecified atom stereocenters. The zero-order valence-electron chi connectivity index (χ0n) is 14.8. The fourth-order valence-electron chi connectivity index (χ4n) is 2.58. The lowest BCUT2D eigenvalue weighted by molar-refractivity contribution is -0.107. The van der Waals surface area contributed by atoms with Crippen LogP contribution in [0.15, 0.2) is 25.3 Å². The maximum Gasteiger partial charge on any atom is 0.211 e. The van der Waals surface area contributed by atoms with Gasteiger partial charge in [0.25, 0.3) is 0 Å². The molecule has 0 radical (unpaired) electrons. The largest absolute Gasteiger partial charge is 0.282 e. The van der Waals surface area contributed by atoms with Gasteiger partial charge in [-0.05, 0) is 25.0 Å². The SMILES string of the molecule is C=CC(=O)SCC1CSC(CCCCC2SCC(CSC(=O)C=C)S2)S1. The molecule has 4 atom stereocenters. The van der Waals surface area contributed by atoms with Gasteiger partial charge in [-0.15, -0.1) is 47.0 Å². The van der Waals surface area contributed by atoms with Crippen molar-refractivity contribution < 1.29 is 9.59 Å². The predicted molar refractivity (Wildman–Crippen MR) is 129 cm³/mol. The van der Waals surface area contributed by atoms with Gasteiger partial charge in [-0.1, -0.05) is 49.5 Å². The summed E-state index contributed by atoms with van der Waals surface area (Å²) < 4.78 is 1.41. The Morgan fingerprint density at radius 3 is 1.65 bits per heavy atom. The smallest absolute Gasteiger partial charge is 0.211 e. The van der Waals surface area contributed by atoms with E-state index in [9.17, 15) is 9.59 Å². The van der Waals surface area contributed by atoms with Crippen molar-refractivity contribution in [3.63, 3.8) is 0 Å². The Morgan fingerprint density at radius 1 is 0.846 bits per heavy atom. The summed E-state index contributed by atoms with van der Waals surface area (Å²) in [7, 11) is 0. The summed E-state index contributed by atoms with van der Waals surface area (Å²) in [6.45, 7) is 7.05. The molecule has 0 amide bonds. The molecular weight excluding hydrogens is 441 g/mol. The van der Waals surface area contributed by atoms with Crippen LogP contribution in [-0.2, 0) is 9.59 Å². The van der Waals surface area contributed by atoms with Gasteiger partial charge < -0.3 is 0 Å². The van der Waals surface area contributed by atoms with Crippen molar-refractivity contribution in [3.05, 3.63) is 25.3 Å². The van der Waals surface area contributed by atoms with Gasteiger partial charge in [0.05, 0.1) is 9.16 Å². The number of carbonyl (C=O) groups is 2. The summed E-state index contributed by atoms with van der Waals surface area (Å²) in [5.74, 6) is 4.18. The Balaban J connectivity index is 1.49. The second-order valence-electron chi connectivity index (χ2n) is 5.99. The van der Waals surface area contributed by atoms with E-state index in [1.54, 1.807) is 0 Å². The first-order chi connectivity index (χ1) is 12.6. The van der Waals surface area contributed by atoms with Crippen molar-refractivity contribution in [1.82, 2.24) is 0 Å². The van der Waals surface area contributed by atoms with Crippen LogP contribution in [0.2, 0.25) is 0 Å². The highest BCUT2D eigenvalue weighted by Gasteiger charge is 2.28. The first-order valence-corrected chi connectivity index (χ1v) is 14.7. The van der Waals surface area contributed by atoms with Crippen molar-refractivity contribution >= 4 is 80.8 Å². The van der Waals surface area contributed by atoms with E-state index < -0.39 is 0 Å². The van der Waals surface area contributed by atoms with Crippen molar-refractivity contribution in [2.24, 2.45) is 0 Å². The van der Waals surface area contributed by atoms with Crippen LogP contribution in [0.1, 0.15) is 25.7 Å². The summed E-state index contributed by atoms with van der Waals surface area (Å²) in [4.78, 5) is 22.6. The minimum atomic E-state index is 0.0937. The highest BCUT2D eigenvalue weighted by Crippen LogP contribution is 2.44. The average molecular weight is 467 g/mol. The Bertz CT molecular complexity index is 454. The molecule has 0 aromatic carbocycles. The Labute approximate surface area is 183 Å². The van der Waals surface area contributed by atoms with E-state index in [1.807, 2.05) is 0 Å². The minimum Gasteiger partial charge on any atom is -0.282 e. The molecule has 26 heavy (non-hydrogen) atoms. The number of carbonyl (C=O) groups excluding carboxylic acids is 2. The first-order valence-electron chi connectivity index (χ1n) is 8.73. The summed E-state index contributed by atoms with van der Waals surface area (Å²) in [5.41, 5.74) is 0. The molecule has 2 heterocycles. The van der Waals surface area contributed by atoms with Gasteiger partial charge in [-0.25, -0.2) is 0 Å². The zero-order chi connectivity index (χ0) is 18.8. The molecule has 2 nitrogen and oxygen atoms in total. The van der Waals surface area contributed by atoms with E-state index >= 15 is 0 Å². The molecule has 8 heteroatoms. The summed E-state index contributed by atoms with van der Waals surface area (Å²) in [5, 5.41) is 1.40. The molecule has 0 spiro atoms. The average Bonchev–Trinajstić information content (AvgIpc) is 3.30. The molecule has 146 valence electrons. The van der Waals surface area contributed by atoms with Crippen molar-refractivity contribution in [2.75, 3.05) is 23.0 Å². The third-order valence-electron chi connectivity index (χ3n) is 3.91. The van der Waals surface area contributed by atoms with Crippen molar-refractivity contribution in [3.8, 4) is 0 Å². The number of hydrogen-bond acceptors (Lipinski definition) is 8. The maximum atomic E-state index is 11.3. The Hall–Kier alpha value is 0.920. The molecule has 0 aromatic heterocycles. The van der Waals surface area contributed by atoms with Gasteiger partial charge in [0.15, 0.2) is 0 Å². The molecule has 2 aliphatic heterocycles. The maximum absolute atomic E-state index is 11.3. The van der Waals surface area contributed by atoms with Crippen LogP contribution in [0.25, 0.3) is 0 Å². The fourth-order valence-corrected chi connectivity index (χ4v) is 11.5. The zero-order valence-corrected chi connectivity index (χ0v) is 19.7. The van der Waals surface area contributed by atoms with E-state index in [-0.39, 0.29) is 10.2 Å². The molecule has 0 N–H and O–H groups in total. The van der Waals surface area contributed by atoms with Gasteiger partial charge in [0.1, 0.15) is 0 Å². The molecule has 2 rings (SSSR count). The second kappa shape index (κ2) is 13.2. The minimum absolute atomic E-state index is 0.0937. The summed E-state index contributed by atoms with van der Waals surface area (Å²) in [6, 6.07) is 0. The highest BCUT2D eigenvalue weighted by molar-refractivity contribution is 8.22. The van der Waals surface area contributed by atoms with Crippen LogP contribution in [0.4, 0.5) is 0 Å². The Kier molecular flexibility index (Phi) is 11.8. The number of hydrogen-bond donors (Lipinski definition) is 0. The molecular formula is C18H26O2S6. The molecule has 2 fully saturated rings. The molecule has 0 aromatic rings. The van der Waals surface area contributed by atoms with Gasteiger partial charge in [-0.3, -0.25) is 9.59 Å². The van der Waals surface area contributed by atoms with Crippen LogP contribution in [0.3, 0.4) is 0 Å². The van der Waals surface area contributed by atoms with E-state index in [1.165, 1.54) is 72.9 Å². The molecule has 2 aliphatic rings.